The number of thiophene rings is 1. The fourth-order valence-electron chi connectivity index (χ4n) is 2.64. The van der Waals surface area contributed by atoms with Crippen LogP contribution in [0.15, 0.2) is 60.2 Å². The predicted molar refractivity (Wildman–Crippen MR) is 99.3 cm³/mol. The molecule has 4 aromatic rings. The average Bonchev–Trinajstić information content (AvgIpc) is 3.08. The van der Waals surface area contributed by atoms with Gasteiger partial charge in [0.25, 0.3) is 0 Å². The Labute approximate surface area is 152 Å². The number of fused-ring (bicyclic) bond motifs is 1. The summed E-state index contributed by atoms with van der Waals surface area (Å²) in [6.07, 6.45) is 1.45. The van der Waals surface area contributed by atoms with Gasteiger partial charge in [0.15, 0.2) is 5.78 Å². The number of benzene rings is 2. The second kappa shape index (κ2) is 6.65. The van der Waals surface area contributed by atoms with Gasteiger partial charge in [0.05, 0.1) is 5.39 Å². The summed E-state index contributed by atoms with van der Waals surface area (Å²) in [5.41, 5.74) is 2.37. The quantitative estimate of drug-likeness (QED) is 0.449. The van der Waals surface area contributed by atoms with Gasteiger partial charge in [0.1, 0.15) is 22.7 Å². The molecule has 4 rings (SSSR count). The number of aromatic nitrogens is 2. The molecule has 0 fully saturated rings. The van der Waals surface area contributed by atoms with E-state index >= 15 is 0 Å². The highest BCUT2D eigenvalue weighted by Crippen LogP contribution is 2.38. The molecule has 0 N–H and O–H groups in total. The molecule has 0 radical (unpaired) electrons. The van der Waals surface area contributed by atoms with E-state index in [9.17, 15) is 9.18 Å². The van der Waals surface area contributed by atoms with Gasteiger partial charge in [-0.3, -0.25) is 4.79 Å². The Morgan fingerprint density at radius 3 is 2.46 bits per heavy atom. The fraction of sp³-hybridized carbons (Fsp3) is 0.0500. The molecule has 0 aliphatic rings. The van der Waals surface area contributed by atoms with Gasteiger partial charge >= 0.3 is 0 Å². The van der Waals surface area contributed by atoms with Gasteiger partial charge in [0.2, 0.25) is 5.88 Å². The molecule has 0 bridgehead atoms. The smallest absolute Gasteiger partial charge is 0.231 e. The first-order valence-electron chi connectivity index (χ1n) is 7.89. The van der Waals surface area contributed by atoms with Crippen LogP contribution in [0.3, 0.4) is 0 Å². The Kier molecular flexibility index (Phi) is 4.18. The van der Waals surface area contributed by atoms with Crippen LogP contribution in [-0.4, -0.2) is 15.8 Å². The summed E-state index contributed by atoms with van der Waals surface area (Å²) in [5.74, 6) is 0.710. The SMILES string of the molecule is CC(=O)c1ccc(Oc2ncnc3scc(-c4ccc(F)cc4)c23)cc1. The number of nitrogens with zero attached hydrogens (tertiary/aromatic N) is 2. The lowest BCUT2D eigenvalue weighted by atomic mass is 10.1. The maximum Gasteiger partial charge on any atom is 0.231 e. The minimum Gasteiger partial charge on any atom is -0.438 e. The Morgan fingerprint density at radius 1 is 1.04 bits per heavy atom. The summed E-state index contributed by atoms with van der Waals surface area (Å²) in [4.78, 5) is 20.7. The Bertz CT molecular complexity index is 1090. The van der Waals surface area contributed by atoms with Crippen LogP contribution in [0.1, 0.15) is 17.3 Å². The van der Waals surface area contributed by atoms with Crippen LogP contribution in [0.5, 0.6) is 11.6 Å². The standard InChI is InChI=1S/C20H13FN2O2S/c1-12(24)13-4-8-16(9-5-13)25-19-18-17(10-26-20(18)23-11-22-19)14-2-6-15(21)7-3-14/h2-11H,1H3. The lowest BCUT2D eigenvalue weighted by molar-refractivity contribution is 0.101. The summed E-state index contributed by atoms with van der Waals surface area (Å²) < 4.78 is 19.2. The number of Topliss-reactive ketones (excluding diaryl/α,β-unsaturated/α-hetero) is 1. The van der Waals surface area contributed by atoms with Gasteiger partial charge in [-0.2, -0.15) is 0 Å². The van der Waals surface area contributed by atoms with Crippen LogP contribution in [0, 0.1) is 5.82 Å². The zero-order chi connectivity index (χ0) is 18.1. The third kappa shape index (κ3) is 3.07. The van der Waals surface area contributed by atoms with Crippen LogP contribution < -0.4 is 4.74 Å². The number of rotatable bonds is 4. The van der Waals surface area contributed by atoms with Crippen molar-refractivity contribution >= 4 is 27.3 Å². The minimum absolute atomic E-state index is 0.00240. The van der Waals surface area contributed by atoms with Crippen LogP contribution in [0.2, 0.25) is 0 Å². The second-order valence-corrected chi connectivity index (χ2v) is 6.56. The molecular formula is C20H13FN2O2S. The molecule has 2 heterocycles. The molecule has 0 amide bonds. The van der Waals surface area contributed by atoms with Crippen molar-refractivity contribution in [1.82, 2.24) is 9.97 Å². The number of carbonyl (C=O) groups excluding carboxylic acids is 1. The maximum atomic E-state index is 13.2. The molecule has 0 aliphatic heterocycles. The van der Waals surface area contributed by atoms with Crippen molar-refractivity contribution in [3.63, 3.8) is 0 Å². The molecule has 4 nitrogen and oxygen atoms in total. The van der Waals surface area contributed by atoms with E-state index in [4.69, 9.17) is 4.74 Å². The molecule has 0 atom stereocenters. The largest absolute Gasteiger partial charge is 0.438 e. The van der Waals surface area contributed by atoms with Gasteiger partial charge in [0, 0.05) is 16.5 Å². The first kappa shape index (κ1) is 16.4. The van der Waals surface area contributed by atoms with Gasteiger partial charge in [-0.1, -0.05) is 12.1 Å². The van der Waals surface area contributed by atoms with E-state index in [2.05, 4.69) is 9.97 Å². The number of carbonyl (C=O) groups is 1. The average molecular weight is 364 g/mol. The molecule has 128 valence electrons. The minimum atomic E-state index is -0.286. The lowest BCUT2D eigenvalue weighted by Gasteiger charge is -2.08. The number of ether oxygens (including phenoxy) is 1. The van der Waals surface area contributed by atoms with Crippen molar-refractivity contribution < 1.29 is 13.9 Å². The highest BCUT2D eigenvalue weighted by molar-refractivity contribution is 7.17. The molecule has 26 heavy (non-hydrogen) atoms. The van der Waals surface area contributed by atoms with Gasteiger partial charge < -0.3 is 4.74 Å². The van der Waals surface area contributed by atoms with E-state index in [1.165, 1.54) is 36.7 Å². The predicted octanol–water partition coefficient (Wildman–Crippen LogP) is 5.49. The summed E-state index contributed by atoms with van der Waals surface area (Å²) in [6, 6.07) is 13.2. The van der Waals surface area contributed by atoms with Gasteiger partial charge in [-0.05, 0) is 48.9 Å². The van der Waals surface area contributed by atoms with Gasteiger partial charge in [-0.25, -0.2) is 14.4 Å². The molecule has 0 saturated heterocycles. The summed E-state index contributed by atoms with van der Waals surface area (Å²) >= 11 is 1.47. The topological polar surface area (TPSA) is 52.1 Å². The highest BCUT2D eigenvalue weighted by atomic mass is 32.1. The number of hydrogen-bond donors (Lipinski definition) is 0. The Morgan fingerprint density at radius 2 is 1.77 bits per heavy atom. The van der Waals surface area contributed by atoms with Crippen molar-refractivity contribution in [3.8, 4) is 22.8 Å². The fourth-order valence-corrected chi connectivity index (χ4v) is 3.54. The van der Waals surface area contributed by atoms with Crippen molar-refractivity contribution in [2.75, 3.05) is 0 Å². The Balaban J connectivity index is 1.76. The van der Waals surface area contributed by atoms with E-state index < -0.39 is 0 Å². The van der Waals surface area contributed by atoms with Crippen molar-refractivity contribution in [2.24, 2.45) is 0 Å². The second-order valence-electron chi connectivity index (χ2n) is 5.70. The monoisotopic (exact) mass is 364 g/mol. The van der Waals surface area contributed by atoms with Crippen LogP contribution in [0.4, 0.5) is 4.39 Å². The molecule has 2 aromatic carbocycles. The molecule has 0 unspecified atom stereocenters. The maximum absolute atomic E-state index is 13.2. The number of halogens is 1. The normalized spacial score (nSPS) is 10.8. The summed E-state index contributed by atoms with van der Waals surface area (Å²) in [5, 5.41) is 2.73. The third-order valence-electron chi connectivity index (χ3n) is 3.97. The van der Waals surface area contributed by atoms with E-state index in [1.807, 2.05) is 5.38 Å². The van der Waals surface area contributed by atoms with E-state index in [0.29, 0.717) is 17.2 Å². The van der Waals surface area contributed by atoms with E-state index in [1.54, 1.807) is 36.4 Å². The van der Waals surface area contributed by atoms with Crippen molar-refractivity contribution in [1.29, 1.82) is 0 Å². The number of hydrogen-bond acceptors (Lipinski definition) is 5. The summed E-state index contributed by atoms with van der Waals surface area (Å²) in [6.45, 7) is 1.52. The molecule has 0 saturated carbocycles. The highest BCUT2D eigenvalue weighted by Gasteiger charge is 2.15. The van der Waals surface area contributed by atoms with Gasteiger partial charge in [-0.15, -0.1) is 11.3 Å². The van der Waals surface area contributed by atoms with E-state index in [0.717, 1.165) is 21.3 Å². The van der Waals surface area contributed by atoms with Crippen LogP contribution >= 0.6 is 11.3 Å². The third-order valence-corrected chi connectivity index (χ3v) is 4.85. The molecule has 2 aromatic heterocycles. The number of ketones is 1. The summed E-state index contributed by atoms with van der Waals surface area (Å²) in [7, 11) is 0. The lowest BCUT2D eigenvalue weighted by Crippen LogP contribution is -1.93. The molecular weight excluding hydrogens is 351 g/mol. The Hall–Kier alpha value is -3.12. The van der Waals surface area contributed by atoms with Crippen LogP contribution in [-0.2, 0) is 0 Å². The van der Waals surface area contributed by atoms with Crippen molar-refractivity contribution in [3.05, 3.63) is 71.6 Å². The zero-order valence-corrected chi connectivity index (χ0v) is 14.6. The molecule has 0 spiro atoms. The first-order valence-corrected chi connectivity index (χ1v) is 8.77. The zero-order valence-electron chi connectivity index (χ0n) is 13.8. The van der Waals surface area contributed by atoms with E-state index in [-0.39, 0.29) is 11.6 Å². The van der Waals surface area contributed by atoms with Crippen LogP contribution in [0.25, 0.3) is 21.3 Å². The molecule has 6 heteroatoms. The van der Waals surface area contributed by atoms with Crippen molar-refractivity contribution in [2.45, 2.75) is 6.92 Å². The molecule has 0 aliphatic carbocycles. The first-order chi connectivity index (χ1) is 12.6.